The smallest absolute Gasteiger partial charge is 0.358 e. The topological polar surface area (TPSA) is 80.6 Å². The summed E-state index contributed by atoms with van der Waals surface area (Å²) in [7, 11) is 0. The number of anilines is 1. The maximum atomic E-state index is 10.7. The fraction of sp³-hybridized carbons (Fsp3) is 0.111. The SMILES string of the molecule is Cc1ccc2nc(C(=O)O)c(N)n2c1. The van der Waals surface area contributed by atoms with E-state index in [-0.39, 0.29) is 11.5 Å². The minimum atomic E-state index is -1.11. The molecule has 5 nitrogen and oxygen atoms in total. The predicted octanol–water partition coefficient (Wildman–Crippen LogP) is 0.923. The first-order valence-corrected chi connectivity index (χ1v) is 4.07. The second-order valence-corrected chi connectivity index (χ2v) is 3.09. The second-order valence-electron chi connectivity index (χ2n) is 3.09. The number of aromatic carboxylic acids is 1. The van der Waals surface area contributed by atoms with Crippen LogP contribution in [0.25, 0.3) is 5.65 Å². The zero-order chi connectivity index (χ0) is 10.3. The van der Waals surface area contributed by atoms with Crippen LogP contribution in [0.1, 0.15) is 16.1 Å². The molecule has 14 heavy (non-hydrogen) atoms. The molecule has 0 aliphatic heterocycles. The second kappa shape index (κ2) is 2.73. The number of pyridine rings is 1. The maximum absolute atomic E-state index is 10.7. The molecule has 0 aromatic carbocycles. The van der Waals surface area contributed by atoms with Crippen LogP contribution >= 0.6 is 0 Å². The van der Waals surface area contributed by atoms with Gasteiger partial charge in [0.25, 0.3) is 0 Å². The highest BCUT2D eigenvalue weighted by Crippen LogP contribution is 2.15. The molecular weight excluding hydrogens is 182 g/mol. The summed E-state index contributed by atoms with van der Waals surface area (Å²) in [5.41, 5.74) is 7.07. The minimum absolute atomic E-state index is 0.101. The highest BCUT2D eigenvalue weighted by molar-refractivity contribution is 5.91. The van der Waals surface area contributed by atoms with Gasteiger partial charge in [-0.05, 0) is 18.6 Å². The number of carboxylic acids is 1. The quantitative estimate of drug-likeness (QED) is 0.702. The standard InChI is InChI=1S/C9H9N3O2/c1-5-2-3-6-11-7(9(13)14)8(10)12(6)4-5/h2-4H,10H2,1H3,(H,13,14). The lowest BCUT2D eigenvalue weighted by Gasteiger charge is -1.97. The van der Waals surface area contributed by atoms with E-state index in [4.69, 9.17) is 10.8 Å². The van der Waals surface area contributed by atoms with Crippen LogP contribution in [0, 0.1) is 6.92 Å². The third-order valence-electron chi connectivity index (χ3n) is 2.01. The summed E-state index contributed by atoms with van der Waals surface area (Å²) in [5, 5.41) is 8.78. The molecule has 72 valence electrons. The molecule has 0 fully saturated rings. The number of aryl methyl sites for hydroxylation is 1. The van der Waals surface area contributed by atoms with E-state index in [1.54, 1.807) is 16.7 Å². The monoisotopic (exact) mass is 191 g/mol. The summed E-state index contributed by atoms with van der Waals surface area (Å²) in [4.78, 5) is 14.6. The summed E-state index contributed by atoms with van der Waals surface area (Å²) < 4.78 is 1.57. The molecule has 2 aromatic rings. The molecule has 0 aliphatic rings. The fourth-order valence-electron chi connectivity index (χ4n) is 1.33. The Morgan fingerprint density at radius 3 is 2.93 bits per heavy atom. The number of nitrogen functional groups attached to an aromatic ring is 1. The lowest BCUT2D eigenvalue weighted by molar-refractivity contribution is 0.0692. The van der Waals surface area contributed by atoms with E-state index in [2.05, 4.69) is 4.98 Å². The Balaban J connectivity index is 2.80. The average molecular weight is 191 g/mol. The van der Waals surface area contributed by atoms with E-state index in [1.165, 1.54) is 0 Å². The highest BCUT2D eigenvalue weighted by Gasteiger charge is 2.14. The van der Waals surface area contributed by atoms with Crippen LogP contribution < -0.4 is 5.73 Å². The van der Waals surface area contributed by atoms with Crippen molar-refractivity contribution >= 4 is 17.4 Å². The third kappa shape index (κ3) is 1.10. The van der Waals surface area contributed by atoms with Gasteiger partial charge in [-0.3, -0.25) is 4.40 Å². The molecule has 3 N–H and O–H groups in total. The Morgan fingerprint density at radius 1 is 1.57 bits per heavy atom. The molecule has 2 heterocycles. The zero-order valence-electron chi connectivity index (χ0n) is 7.56. The van der Waals surface area contributed by atoms with Crippen molar-refractivity contribution in [2.75, 3.05) is 5.73 Å². The normalized spacial score (nSPS) is 10.6. The number of nitrogens with zero attached hydrogens (tertiary/aromatic N) is 2. The van der Waals surface area contributed by atoms with Gasteiger partial charge in [-0.1, -0.05) is 6.07 Å². The number of hydrogen-bond acceptors (Lipinski definition) is 3. The van der Waals surface area contributed by atoms with Gasteiger partial charge in [0.05, 0.1) is 0 Å². The molecular formula is C9H9N3O2. The van der Waals surface area contributed by atoms with E-state index in [0.29, 0.717) is 5.65 Å². The third-order valence-corrected chi connectivity index (χ3v) is 2.01. The lowest BCUT2D eigenvalue weighted by atomic mass is 10.3. The van der Waals surface area contributed by atoms with Gasteiger partial charge >= 0.3 is 5.97 Å². The Bertz CT molecular complexity index is 516. The molecule has 0 atom stereocenters. The van der Waals surface area contributed by atoms with E-state index in [9.17, 15) is 4.79 Å². The van der Waals surface area contributed by atoms with Crippen molar-refractivity contribution in [1.29, 1.82) is 0 Å². The summed E-state index contributed by atoms with van der Waals surface area (Å²) in [5.74, 6) is -0.944. The van der Waals surface area contributed by atoms with Crippen LogP contribution in [-0.2, 0) is 0 Å². The van der Waals surface area contributed by atoms with Gasteiger partial charge in [0.15, 0.2) is 5.69 Å². The number of imidazole rings is 1. The summed E-state index contributed by atoms with van der Waals surface area (Å²) in [6, 6.07) is 3.59. The highest BCUT2D eigenvalue weighted by atomic mass is 16.4. The van der Waals surface area contributed by atoms with Crippen LogP contribution in [0.4, 0.5) is 5.82 Å². The fourth-order valence-corrected chi connectivity index (χ4v) is 1.33. The van der Waals surface area contributed by atoms with Crippen molar-refractivity contribution in [3.05, 3.63) is 29.6 Å². The van der Waals surface area contributed by atoms with Crippen molar-refractivity contribution in [3.63, 3.8) is 0 Å². The van der Waals surface area contributed by atoms with Crippen LogP contribution in [-0.4, -0.2) is 20.5 Å². The van der Waals surface area contributed by atoms with Crippen LogP contribution in [0.15, 0.2) is 18.3 Å². The van der Waals surface area contributed by atoms with Gasteiger partial charge in [-0.2, -0.15) is 0 Å². The first-order chi connectivity index (χ1) is 6.59. The number of carbonyl (C=O) groups is 1. The molecule has 2 aromatic heterocycles. The first-order valence-electron chi connectivity index (χ1n) is 4.07. The first kappa shape index (κ1) is 8.55. The molecule has 0 saturated carbocycles. The van der Waals surface area contributed by atoms with Crippen molar-refractivity contribution in [2.24, 2.45) is 0 Å². The van der Waals surface area contributed by atoms with Crippen molar-refractivity contribution in [1.82, 2.24) is 9.38 Å². The number of carboxylic acid groups (broad SMARTS) is 1. The van der Waals surface area contributed by atoms with Crippen molar-refractivity contribution < 1.29 is 9.90 Å². The minimum Gasteiger partial charge on any atom is -0.476 e. The van der Waals surface area contributed by atoms with Gasteiger partial charge in [0.1, 0.15) is 11.5 Å². The summed E-state index contributed by atoms with van der Waals surface area (Å²) in [6.45, 7) is 1.90. The van der Waals surface area contributed by atoms with Gasteiger partial charge in [0.2, 0.25) is 0 Å². The molecule has 0 unspecified atom stereocenters. The van der Waals surface area contributed by atoms with E-state index < -0.39 is 5.97 Å². The average Bonchev–Trinajstić information content (AvgIpc) is 2.44. The number of fused-ring (bicyclic) bond motifs is 1. The molecule has 0 amide bonds. The van der Waals surface area contributed by atoms with Gasteiger partial charge in [-0.25, -0.2) is 9.78 Å². The molecule has 0 aliphatic carbocycles. The van der Waals surface area contributed by atoms with Gasteiger partial charge in [-0.15, -0.1) is 0 Å². The molecule has 0 saturated heterocycles. The summed E-state index contributed by atoms with van der Waals surface area (Å²) in [6.07, 6.45) is 1.75. The molecule has 2 rings (SSSR count). The van der Waals surface area contributed by atoms with E-state index in [1.807, 2.05) is 13.0 Å². The van der Waals surface area contributed by atoms with Gasteiger partial charge in [0, 0.05) is 6.20 Å². The molecule has 5 heteroatoms. The van der Waals surface area contributed by atoms with Crippen LogP contribution in [0.3, 0.4) is 0 Å². The van der Waals surface area contributed by atoms with Crippen LogP contribution in [0.5, 0.6) is 0 Å². The molecule has 0 radical (unpaired) electrons. The van der Waals surface area contributed by atoms with E-state index >= 15 is 0 Å². The summed E-state index contributed by atoms with van der Waals surface area (Å²) >= 11 is 0. The Labute approximate surface area is 79.8 Å². The van der Waals surface area contributed by atoms with Crippen molar-refractivity contribution in [3.8, 4) is 0 Å². The Hall–Kier alpha value is -2.04. The maximum Gasteiger partial charge on any atom is 0.358 e. The molecule has 0 spiro atoms. The number of aromatic nitrogens is 2. The number of rotatable bonds is 1. The molecule has 0 bridgehead atoms. The Morgan fingerprint density at radius 2 is 2.29 bits per heavy atom. The lowest BCUT2D eigenvalue weighted by Crippen LogP contribution is -2.02. The van der Waals surface area contributed by atoms with Crippen molar-refractivity contribution in [2.45, 2.75) is 6.92 Å². The van der Waals surface area contributed by atoms with Crippen LogP contribution in [0.2, 0.25) is 0 Å². The largest absolute Gasteiger partial charge is 0.476 e. The van der Waals surface area contributed by atoms with E-state index in [0.717, 1.165) is 5.56 Å². The Kier molecular flexibility index (Phi) is 1.67. The predicted molar refractivity (Wildman–Crippen MR) is 51.3 cm³/mol. The number of hydrogen-bond donors (Lipinski definition) is 2. The van der Waals surface area contributed by atoms with Gasteiger partial charge < -0.3 is 10.8 Å². The zero-order valence-corrected chi connectivity index (χ0v) is 7.56. The number of nitrogens with two attached hydrogens (primary N) is 1.